The van der Waals surface area contributed by atoms with Crippen LogP contribution in [0.4, 0.5) is 19.5 Å². The fourth-order valence-electron chi connectivity index (χ4n) is 3.55. The minimum Gasteiger partial charge on any atom is -0.390 e. The van der Waals surface area contributed by atoms with Crippen molar-refractivity contribution in [3.63, 3.8) is 0 Å². The van der Waals surface area contributed by atoms with Crippen molar-refractivity contribution < 1.29 is 28.5 Å². The van der Waals surface area contributed by atoms with Crippen LogP contribution in [0.15, 0.2) is 24.4 Å². The molecule has 0 spiro atoms. The number of anilines is 2. The van der Waals surface area contributed by atoms with Crippen LogP contribution in [0.3, 0.4) is 0 Å². The quantitative estimate of drug-likeness (QED) is 0.464. The summed E-state index contributed by atoms with van der Waals surface area (Å²) in [5, 5.41) is 26.5. The molecule has 4 rings (SSSR count). The summed E-state index contributed by atoms with van der Waals surface area (Å²) in [6.45, 7) is -0.0685. The van der Waals surface area contributed by atoms with Gasteiger partial charge in [-0.05, 0) is 25.0 Å². The van der Waals surface area contributed by atoms with Gasteiger partial charge < -0.3 is 26.0 Å². The van der Waals surface area contributed by atoms with Crippen molar-refractivity contribution in [2.24, 2.45) is 7.05 Å². The zero-order valence-electron chi connectivity index (χ0n) is 17.0. The standard InChI is InChI=1S/C20H21F2N5O4S/c1-27-17(14-6-5-12(28)13(29)8-31-14)11(7-24-27)25-19(30)16-18(23)32-20(26-16)15-9(21)3-2-4-10(15)22/h2-4,7,12-14,28-29H,5-6,8,23H2,1H3,(H,25,30). The minimum atomic E-state index is -1.00. The fraction of sp³-hybridized carbons (Fsp3) is 0.350. The van der Waals surface area contributed by atoms with E-state index in [9.17, 15) is 23.8 Å². The molecule has 0 bridgehead atoms. The monoisotopic (exact) mass is 465 g/mol. The molecule has 3 heterocycles. The molecule has 0 radical (unpaired) electrons. The van der Waals surface area contributed by atoms with Crippen molar-refractivity contribution in [1.29, 1.82) is 0 Å². The number of hydrogen-bond acceptors (Lipinski definition) is 8. The van der Waals surface area contributed by atoms with Crippen LogP contribution in [-0.4, -0.2) is 49.7 Å². The smallest absolute Gasteiger partial charge is 0.277 e. The summed E-state index contributed by atoms with van der Waals surface area (Å²) < 4.78 is 35.4. The lowest BCUT2D eigenvalue weighted by Gasteiger charge is -2.17. The van der Waals surface area contributed by atoms with Crippen LogP contribution in [0.2, 0.25) is 0 Å². The molecule has 0 saturated carbocycles. The fourth-order valence-corrected chi connectivity index (χ4v) is 4.43. The number of thiazole rings is 1. The molecule has 1 fully saturated rings. The molecule has 170 valence electrons. The Hall–Kier alpha value is -2.93. The van der Waals surface area contributed by atoms with Gasteiger partial charge in [-0.1, -0.05) is 17.4 Å². The van der Waals surface area contributed by atoms with Crippen LogP contribution in [-0.2, 0) is 11.8 Å². The number of ether oxygens (including phenoxy) is 1. The number of aliphatic hydroxyl groups excluding tert-OH is 2. The first-order valence-corrected chi connectivity index (χ1v) is 10.6. The Morgan fingerprint density at radius 3 is 2.72 bits per heavy atom. The van der Waals surface area contributed by atoms with Crippen LogP contribution in [0, 0.1) is 11.6 Å². The van der Waals surface area contributed by atoms with Gasteiger partial charge >= 0.3 is 0 Å². The van der Waals surface area contributed by atoms with Crippen LogP contribution in [0.25, 0.3) is 10.6 Å². The van der Waals surface area contributed by atoms with Crippen molar-refractivity contribution in [2.45, 2.75) is 31.2 Å². The summed E-state index contributed by atoms with van der Waals surface area (Å²) in [6.07, 6.45) is -0.303. The summed E-state index contributed by atoms with van der Waals surface area (Å²) in [5.41, 5.74) is 6.26. The third-order valence-corrected chi connectivity index (χ3v) is 6.12. The predicted molar refractivity (Wildman–Crippen MR) is 113 cm³/mol. The molecule has 3 aromatic rings. The van der Waals surface area contributed by atoms with Crippen LogP contribution < -0.4 is 11.1 Å². The van der Waals surface area contributed by atoms with Gasteiger partial charge in [0.25, 0.3) is 5.91 Å². The maximum absolute atomic E-state index is 14.1. The number of carbonyl (C=O) groups excluding carboxylic acids is 1. The number of amides is 1. The minimum absolute atomic E-state index is 0.00237. The first-order valence-electron chi connectivity index (χ1n) is 9.78. The Bertz CT molecular complexity index is 1120. The zero-order chi connectivity index (χ0) is 23.0. The number of aromatic nitrogens is 3. The first-order chi connectivity index (χ1) is 15.3. The maximum atomic E-state index is 14.1. The van der Waals surface area contributed by atoms with Gasteiger partial charge in [0.1, 0.15) is 33.9 Å². The number of aryl methyl sites for hydroxylation is 1. The van der Waals surface area contributed by atoms with Gasteiger partial charge in [-0.3, -0.25) is 9.48 Å². The molecule has 0 aliphatic carbocycles. The Labute approximate surface area is 185 Å². The van der Waals surface area contributed by atoms with E-state index in [-0.39, 0.29) is 27.9 Å². The van der Waals surface area contributed by atoms with Crippen molar-refractivity contribution in [1.82, 2.24) is 14.8 Å². The number of nitrogens with zero attached hydrogens (tertiary/aromatic N) is 3. The van der Waals surface area contributed by atoms with E-state index >= 15 is 0 Å². The molecule has 5 N–H and O–H groups in total. The van der Waals surface area contributed by atoms with Gasteiger partial charge in [-0.2, -0.15) is 5.10 Å². The highest BCUT2D eigenvalue weighted by atomic mass is 32.1. The zero-order valence-corrected chi connectivity index (χ0v) is 17.8. The normalized spacial score (nSPS) is 21.3. The molecule has 2 aromatic heterocycles. The van der Waals surface area contributed by atoms with Crippen molar-refractivity contribution in [2.75, 3.05) is 17.7 Å². The molecular weight excluding hydrogens is 444 g/mol. The van der Waals surface area contributed by atoms with Gasteiger partial charge in [0.2, 0.25) is 0 Å². The number of carbonyl (C=O) groups is 1. The number of halogens is 2. The Morgan fingerprint density at radius 1 is 1.28 bits per heavy atom. The molecule has 9 nitrogen and oxygen atoms in total. The van der Waals surface area contributed by atoms with Crippen molar-refractivity contribution >= 4 is 27.9 Å². The van der Waals surface area contributed by atoms with E-state index in [0.717, 1.165) is 23.5 Å². The van der Waals surface area contributed by atoms with Crippen molar-refractivity contribution in [3.05, 3.63) is 47.4 Å². The Morgan fingerprint density at radius 2 is 2.00 bits per heavy atom. The SMILES string of the molecule is Cn1ncc(NC(=O)c2nc(-c3c(F)cccc3F)sc2N)c1C1CCC(O)C(O)CO1. The molecule has 1 amide bonds. The van der Waals surface area contributed by atoms with Crippen molar-refractivity contribution in [3.8, 4) is 10.6 Å². The summed E-state index contributed by atoms with van der Waals surface area (Å²) in [4.78, 5) is 16.9. The molecule has 12 heteroatoms. The van der Waals surface area contributed by atoms with Gasteiger partial charge in [-0.25, -0.2) is 13.8 Å². The average molecular weight is 465 g/mol. The lowest BCUT2D eigenvalue weighted by atomic mass is 10.1. The molecule has 32 heavy (non-hydrogen) atoms. The molecule has 1 aliphatic heterocycles. The van der Waals surface area contributed by atoms with Crippen LogP contribution >= 0.6 is 11.3 Å². The van der Waals surface area contributed by atoms with Gasteiger partial charge in [-0.15, -0.1) is 0 Å². The Balaban J connectivity index is 1.59. The second-order valence-corrected chi connectivity index (χ2v) is 8.41. The van der Waals surface area contributed by atoms with Crippen LogP contribution in [0.5, 0.6) is 0 Å². The van der Waals surface area contributed by atoms with E-state index in [4.69, 9.17) is 10.5 Å². The Kier molecular flexibility index (Phi) is 6.20. The highest BCUT2D eigenvalue weighted by molar-refractivity contribution is 7.19. The lowest BCUT2D eigenvalue weighted by Crippen LogP contribution is -2.27. The first kappa shape index (κ1) is 22.3. The molecule has 1 saturated heterocycles. The van der Waals surface area contributed by atoms with Crippen LogP contribution in [0.1, 0.15) is 35.1 Å². The largest absolute Gasteiger partial charge is 0.390 e. The summed E-state index contributed by atoms with van der Waals surface area (Å²) in [5.74, 6) is -2.30. The van der Waals surface area contributed by atoms with E-state index in [0.29, 0.717) is 24.2 Å². The molecule has 3 atom stereocenters. The van der Waals surface area contributed by atoms with Gasteiger partial charge in [0.15, 0.2) is 5.69 Å². The topological polar surface area (TPSA) is 136 Å². The summed E-state index contributed by atoms with van der Waals surface area (Å²) >= 11 is 0.800. The van der Waals surface area contributed by atoms with E-state index in [2.05, 4.69) is 15.4 Å². The molecule has 1 aromatic carbocycles. The third-order valence-electron chi connectivity index (χ3n) is 5.22. The number of rotatable bonds is 4. The number of nitrogens with one attached hydrogen (secondary N) is 1. The number of nitrogen functional groups attached to an aromatic ring is 1. The summed E-state index contributed by atoms with van der Waals surface area (Å²) in [6, 6.07) is 3.42. The van der Waals surface area contributed by atoms with Gasteiger partial charge in [0.05, 0.1) is 35.9 Å². The maximum Gasteiger partial charge on any atom is 0.277 e. The van der Waals surface area contributed by atoms with Gasteiger partial charge in [0, 0.05) is 7.05 Å². The number of nitrogens with two attached hydrogens (primary N) is 1. The number of hydrogen-bond donors (Lipinski definition) is 4. The molecule has 1 aliphatic rings. The van der Waals surface area contributed by atoms with E-state index in [1.54, 1.807) is 7.05 Å². The number of aliphatic hydroxyl groups is 2. The highest BCUT2D eigenvalue weighted by Crippen LogP contribution is 2.35. The third kappa shape index (κ3) is 4.21. The lowest BCUT2D eigenvalue weighted by molar-refractivity contribution is -0.0360. The predicted octanol–water partition coefficient (Wildman–Crippen LogP) is 2.23. The molecular formula is C20H21F2N5O4S. The van der Waals surface area contributed by atoms with E-state index in [1.165, 1.54) is 16.9 Å². The second-order valence-electron chi connectivity index (χ2n) is 7.38. The second kappa shape index (κ2) is 8.90. The van der Waals surface area contributed by atoms with E-state index in [1.807, 2.05) is 0 Å². The summed E-state index contributed by atoms with van der Waals surface area (Å²) in [7, 11) is 1.67. The average Bonchev–Trinajstić information content (AvgIpc) is 3.25. The molecule has 3 unspecified atom stereocenters. The number of benzene rings is 1. The highest BCUT2D eigenvalue weighted by Gasteiger charge is 2.30. The van der Waals surface area contributed by atoms with E-state index < -0.39 is 35.9 Å².